The lowest BCUT2D eigenvalue weighted by atomic mass is 9.97. The smallest absolute Gasteiger partial charge is 0.322 e. The molecule has 1 aromatic rings. The largest absolute Gasteiger partial charge is 0.480 e. The van der Waals surface area contributed by atoms with Crippen LogP contribution in [0.4, 0.5) is 0 Å². The lowest BCUT2D eigenvalue weighted by molar-refractivity contribution is -0.139. The summed E-state index contributed by atoms with van der Waals surface area (Å²) in [6.07, 6.45) is 0.245. The maximum Gasteiger partial charge on any atom is 0.322 e. The molecule has 1 rings (SSSR count). The van der Waals surface area contributed by atoms with Gasteiger partial charge in [-0.05, 0) is 11.5 Å². The van der Waals surface area contributed by atoms with E-state index in [0.29, 0.717) is 6.42 Å². The van der Waals surface area contributed by atoms with Crippen LogP contribution < -0.4 is 27.4 Å². The molecule has 11 nitrogen and oxygen atoms in total. The topological polar surface area (TPSA) is 194 Å². The summed E-state index contributed by atoms with van der Waals surface area (Å²) in [7, 11) is 0. The van der Waals surface area contributed by atoms with Crippen LogP contribution in [0.2, 0.25) is 0 Å². The average Bonchev–Trinajstić information content (AvgIpc) is 2.74. The fourth-order valence-electron chi connectivity index (χ4n) is 2.88. The van der Waals surface area contributed by atoms with Crippen molar-refractivity contribution in [3.63, 3.8) is 0 Å². The van der Waals surface area contributed by atoms with Crippen LogP contribution in [0.3, 0.4) is 0 Å². The van der Waals surface area contributed by atoms with E-state index in [2.05, 4.69) is 16.0 Å². The fourth-order valence-corrected chi connectivity index (χ4v) is 2.88. The number of carboxylic acids is 1. The predicted octanol–water partition coefficient (Wildman–Crippen LogP) is -1.35. The van der Waals surface area contributed by atoms with Crippen molar-refractivity contribution in [2.24, 2.45) is 17.4 Å². The van der Waals surface area contributed by atoms with Crippen LogP contribution in [0, 0.1) is 5.92 Å². The molecule has 4 atom stereocenters. The lowest BCUT2D eigenvalue weighted by Crippen LogP contribution is -2.58. The molecule has 0 spiro atoms. The highest BCUT2D eigenvalue weighted by molar-refractivity contribution is 5.94. The van der Waals surface area contributed by atoms with Gasteiger partial charge >= 0.3 is 5.97 Å². The molecule has 0 radical (unpaired) electrons. The molecule has 176 valence electrons. The third kappa shape index (κ3) is 9.13. The number of carboxylic acid groups (broad SMARTS) is 1. The van der Waals surface area contributed by atoms with Crippen LogP contribution in [0.5, 0.6) is 0 Å². The molecule has 0 saturated carbocycles. The zero-order valence-corrected chi connectivity index (χ0v) is 18.2. The highest BCUT2D eigenvalue weighted by Crippen LogP contribution is 2.10. The number of amides is 4. The Morgan fingerprint density at radius 1 is 1.00 bits per heavy atom. The van der Waals surface area contributed by atoms with Crippen molar-refractivity contribution in [2.45, 2.75) is 51.2 Å². The van der Waals surface area contributed by atoms with Crippen LogP contribution in [0.15, 0.2) is 30.3 Å². The Labute approximate surface area is 186 Å². The molecule has 0 aromatic heterocycles. The Hall–Kier alpha value is -3.47. The van der Waals surface area contributed by atoms with Crippen molar-refractivity contribution in [3.05, 3.63) is 35.9 Å². The molecule has 0 bridgehead atoms. The Kier molecular flexibility index (Phi) is 10.8. The van der Waals surface area contributed by atoms with E-state index < -0.39 is 60.7 Å². The van der Waals surface area contributed by atoms with Gasteiger partial charge in [0, 0.05) is 6.42 Å². The molecule has 4 amide bonds. The SMILES string of the molecule is CCC(C)C(NC(=O)C(Cc1ccccc1)NC(=O)C(N)CC(N)=O)C(=O)NCC(=O)O. The highest BCUT2D eigenvalue weighted by atomic mass is 16.4. The standard InChI is InChI=1S/C21H31N5O6/c1-3-12(2)18(21(32)24-11-17(28)29)26-20(31)15(9-13-7-5-4-6-8-13)25-19(30)14(22)10-16(23)27/h4-8,12,14-15,18H,3,9-11,22H2,1-2H3,(H2,23,27)(H,24,32)(H,25,30)(H,26,31)(H,28,29). The third-order valence-electron chi connectivity index (χ3n) is 4.88. The second-order valence-electron chi connectivity index (χ2n) is 7.51. The summed E-state index contributed by atoms with van der Waals surface area (Å²) in [6.45, 7) is 2.97. The van der Waals surface area contributed by atoms with Gasteiger partial charge in [-0.15, -0.1) is 0 Å². The first-order valence-electron chi connectivity index (χ1n) is 10.2. The van der Waals surface area contributed by atoms with Crippen molar-refractivity contribution in [1.82, 2.24) is 16.0 Å². The number of primary amides is 1. The molecule has 0 aliphatic rings. The second-order valence-corrected chi connectivity index (χ2v) is 7.51. The minimum Gasteiger partial charge on any atom is -0.480 e. The molecular formula is C21H31N5O6. The number of aliphatic carboxylic acids is 1. The summed E-state index contributed by atoms with van der Waals surface area (Å²) in [5.41, 5.74) is 11.5. The zero-order valence-electron chi connectivity index (χ0n) is 18.2. The molecule has 0 aliphatic carbocycles. The predicted molar refractivity (Wildman–Crippen MR) is 116 cm³/mol. The van der Waals surface area contributed by atoms with E-state index in [1.807, 2.05) is 6.92 Å². The molecule has 1 aromatic carbocycles. The third-order valence-corrected chi connectivity index (χ3v) is 4.88. The van der Waals surface area contributed by atoms with Crippen LogP contribution in [-0.4, -0.2) is 59.4 Å². The number of hydrogen-bond acceptors (Lipinski definition) is 6. The van der Waals surface area contributed by atoms with Crippen molar-refractivity contribution < 1.29 is 29.1 Å². The minimum atomic E-state index is -1.23. The van der Waals surface area contributed by atoms with Gasteiger partial charge in [0.25, 0.3) is 0 Å². The summed E-state index contributed by atoms with van der Waals surface area (Å²) in [4.78, 5) is 59.7. The number of carbonyl (C=O) groups excluding carboxylic acids is 4. The molecule has 0 heterocycles. The fraction of sp³-hybridized carbons (Fsp3) is 0.476. The molecular weight excluding hydrogens is 418 g/mol. The van der Waals surface area contributed by atoms with E-state index in [9.17, 15) is 24.0 Å². The molecule has 0 aliphatic heterocycles. The highest BCUT2D eigenvalue weighted by Gasteiger charge is 2.31. The van der Waals surface area contributed by atoms with Crippen LogP contribution in [0.1, 0.15) is 32.3 Å². The molecule has 11 heteroatoms. The van der Waals surface area contributed by atoms with Crippen LogP contribution in [0.25, 0.3) is 0 Å². The van der Waals surface area contributed by atoms with Gasteiger partial charge in [-0.2, -0.15) is 0 Å². The summed E-state index contributed by atoms with van der Waals surface area (Å²) in [5.74, 6) is -4.32. The lowest BCUT2D eigenvalue weighted by Gasteiger charge is -2.27. The number of rotatable bonds is 13. The Morgan fingerprint density at radius 3 is 2.16 bits per heavy atom. The molecule has 8 N–H and O–H groups in total. The Bertz CT molecular complexity index is 816. The second kappa shape index (κ2) is 13.1. The maximum absolute atomic E-state index is 13.0. The van der Waals surface area contributed by atoms with Gasteiger partial charge in [0.2, 0.25) is 23.6 Å². The summed E-state index contributed by atoms with van der Waals surface area (Å²) in [5, 5.41) is 16.2. The normalized spacial score (nSPS) is 14.3. The van der Waals surface area contributed by atoms with E-state index in [1.165, 1.54) is 0 Å². The number of nitrogens with two attached hydrogens (primary N) is 2. The monoisotopic (exact) mass is 449 g/mol. The number of hydrogen-bond donors (Lipinski definition) is 6. The Morgan fingerprint density at radius 2 is 1.62 bits per heavy atom. The maximum atomic E-state index is 13.0. The number of carbonyl (C=O) groups is 5. The average molecular weight is 450 g/mol. The van der Waals surface area contributed by atoms with Crippen molar-refractivity contribution >= 4 is 29.6 Å². The van der Waals surface area contributed by atoms with Crippen molar-refractivity contribution in [1.29, 1.82) is 0 Å². The van der Waals surface area contributed by atoms with Gasteiger partial charge in [0.05, 0.1) is 12.5 Å². The summed E-state index contributed by atoms with van der Waals surface area (Å²) >= 11 is 0. The summed E-state index contributed by atoms with van der Waals surface area (Å²) in [6, 6.07) is 5.53. The molecule has 4 unspecified atom stereocenters. The van der Waals surface area contributed by atoms with Crippen LogP contribution in [-0.2, 0) is 30.4 Å². The first-order chi connectivity index (χ1) is 15.0. The quantitative estimate of drug-likeness (QED) is 0.214. The van der Waals surface area contributed by atoms with Gasteiger partial charge in [-0.1, -0.05) is 50.6 Å². The van der Waals surface area contributed by atoms with E-state index >= 15 is 0 Å². The van der Waals surface area contributed by atoms with Gasteiger partial charge in [-0.25, -0.2) is 0 Å². The van der Waals surface area contributed by atoms with E-state index in [4.69, 9.17) is 16.6 Å². The number of nitrogens with one attached hydrogen (secondary N) is 3. The first kappa shape index (κ1) is 26.6. The van der Waals surface area contributed by atoms with Gasteiger partial charge < -0.3 is 32.5 Å². The van der Waals surface area contributed by atoms with Gasteiger partial charge in [0.1, 0.15) is 18.6 Å². The summed E-state index contributed by atoms with van der Waals surface area (Å²) < 4.78 is 0. The molecule has 0 fully saturated rings. The van der Waals surface area contributed by atoms with Crippen molar-refractivity contribution in [3.8, 4) is 0 Å². The first-order valence-corrected chi connectivity index (χ1v) is 10.2. The van der Waals surface area contributed by atoms with Gasteiger partial charge in [-0.3, -0.25) is 24.0 Å². The number of benzene rings is 1. The zero-order chi connectivity index (χ0) is 24.3. The minimum absolute atomic E-state index is 0.103. The molecule has 0 saturated heterocycles. The van der Waals surface area contributed by atoms with E-state index in [1.54, 1.807) is 37.3 Å². The van der Waals surface area contributed by atoms with E-state index in [0.717, 1.165) is 5.56 Å². The van der Waals surface area contributed by atoms with E-state index in [-0.39, 0.29) is 12.3 Å². The van der Waals surface area contributed by atoms with Crippen molar-refractivity contribution in [2.75, 3.05) is 6.54 Å². The Balaban J connectivity index is 3.04. The van der Waals surface area contributed by atoms with Gasteiger partial charge in [0.15, 0.2) is 0 Å². The van der Waals surface area contributed by atoms with Crippen LogP contribution >= 0.6 is 0 Å². The molecule has 32 heavy (non-hydrogen) atoms.